The summed E-state index contributed by atoms with van der Waals surface area (Å²) in [6.07, 6.45) is 2.49. The zero-order valence-corrected chi connectivity index (χ0v) is 16.3. The number of thioether (sulfide) groups is 1. The quantitative estimate of drug-likeness (QED) is 0.722. The third-order valence-electron chi connectivity index (χ3n) is 4.27. The number of benzene rings is 1. The second-order valence-electron chi connectivity index (χ2n) is 6.40. The molecule has 0 saturated carbocycles. The number of rotatable bonds is 7. The number of nitrogens with zero attached hydrogens (tertiary/aromatic N) is 2. The van der Waals surface area contributed by atoms with E-state index in [9.17, 15) is 19.2 Å². The van der Waals surface area contributed by atoms with Gasteiger partial charge in [0.25, 0.3) is 5.56 Å². The van der Waals surface area contributed by atoms with Gasteiger partial charge in [-0.1, -0.05) is 25.1 Å². The number of carbonyl (C=O) groups excluding carboxylic acids is 3. The summed E-state index contributed by atoms with van der Waals surface area (Å²) in [5.74, 6) is -0.810. The van der Waals surface area contributed by atoms with Crippen LogP contribution in [0.3, 0.4) is 0 Å². The molecule has 3 rings (SSSR count). The molecule has 7 nitrogen and oxygen atoms in total. The number of hydrogen-bond acceptors (Lipinski definition) is 5. The third kappa shape index (κ3) is 4.51. The van der Waals surface area contributed by atoms with E-state index in [-0.39, 0.29) is 35.5 Å². The van der Waals surface area contributed by atoms with Crippen molar-refractivity contribution in [2.45, 2.75) is 31.6 Å². The first-order valence-corrected chi connectivity index (χ1v) is 10.1. The number of nitrogens with one attached hydrogen (secondary N) is 1. The summed E-state index contributed by atoms with van der Waals surface area (Å²) in [6, 6.07) is 11.7. The summed E-state index contributed by atoms with van der Waals surface area (Å²) in [5, 5.41) is 2.16. The number of aromatic nitrogens is 1. The summed E-state index contributed by atoms with van der Waals surface area (Å²) in [7, 11) is 0. The van der Waals surface area contributed by atoms with Crippen LogP contribution in [0.25, 0.3) is 0 Å². The van der Waals surface area contributed by atoms with Crippen LogP contribution in [0.5, 0.6) is 0 Å². The molecule has 0 bridgehead atoms. The molecule has 0 radical (unpaired) electrons. The molecule has 1 aromatic heterocycles. The lowest BCUT2D eigenvalue weighted by molar-refractivity contribution is -0.121. The Hall–Kier alpha value is -2.87. The minimum Gasteiger partial charge on any atom is -0.324 e. The van der Waals surface area contributed by atoms with Gasteiger partial charge >= 0.3 is 0 Å². The lowest BCUT2D eigenvalue weighted by Gasteiger charge is -2.14. The molecule has 2 heterocycles. The van der Waals surface area contributed by atoms with Gasteiger partial charge in [-0.2, -0.15) is 0 Å². The molecule has 1 aliphatic rings. The molecule has 3 amide bonds. The maximum Gasteiger partial charge on any atom is 0.250 e. The lowest BCUT2D eigenvalue weighted by atomic mass is 10.3. The Morgan fingerprint density at radius 3 is 2.61 bits per heavy atom. The van der Waals surface area contributed by atoms with Crippen molar-refractivity contribution in [1.82, 2.24) is 4.57 Å². The van der Waals surface area contributed by atoms with Crippen LogP contribution in [0, 0.1) is 0 Å². The van der Waals surface area contributed by atoms with Crippen molar-refractivity contribution in [2.75, 3.05) is 16.0 Å². The highest BCUT2D eigenvalue weighted by Gasteiger charge is 2.39. The fourth-order valence-corrected chi connectivity index (χ4v) is 3.91. The normalized spacial score (nSPS) is 16.5. The Balaban J connectivity index is 1.58. The van der Waals surface area contributed by atoms with Crippen molar-refractivity contribution in [3.8, 4) is 0 Å². The van der Waals surface area contributed by atoms with Crippen LogP contribution in [-0.4, -0.2) is 33.3 Å². The lowest BCUT2D eigenvalue weighted by Crippen LogP contribution is -2.31. The molecule has 1 unspecified atom stereocenters. The molecule has 1 N–H and O–H groups in total. The molecule has 1 saturated heterocycles. The van der Waals surface area contributed by atoms with E-state index < -0.39 is 5.25 Å². The topological polar surface area (TPSA) is 88.5 Å². The Labute approximate surface area is 166 Å². The van der Waals surface area contributed by atoms with Gasteiger partial charge in [-0.25, -0.2) is 4.90 Å². The third-order valence-corrected chi connectivity index (χ3v) is 5.47. The summed E-state index contributed by atoms with van der Waals surface area (Å²) >= 11 is 1.15. The predicted octanol–water partition coefficient (Wildman–Crippen LogP) is 2.26. The van der Waals surface area contributed by atoms with Crippen molar-refractivity contribution in [2.24, 2.45) is 0 Å². The SMILES string of the molecule is CCCn1cc(NC(=O)CSC2CC(=O)N(c3ccccc3)C2=O)ccc1=O. The summed E-state index contributed by atoms with van der Waals surface area (Å²) in [4.78, 5) is 49.9. The fraction of sp³-hybridized carbons (Fsp3) is 0.300. The number of anilines is 2. The predicted molar refractivity (Wildman–Crippen MR) is 109 cm³/mol. The number of para-hydroxylation sites is 1. The van der Waals surface area contributed by atoms with Gasteiger partial charge in [-0.05, 0) is 24.6 Å². The van der Waals surface area contributed by atoms with Crippen molar-refractivity contribution in [3.63, 3.8) is 0 Å². The first-order chi connectivity index (χ1) is 13.5. The fourth-order valence-electron chi connectivity index (χ4n) is 2.98. The number of carbonyl (C=O) groups is 3. The minimum atomic E-state index is -0.576. The molecule has 1 atom stereocenters. The van der Waals surface area contributed by atoms with E-state index in [0.717, 1.165) is 18.2 Å². The van der Waals surface area contributed by atoms with Crippen LogP contribution < -0.4 is 15.8 Å². The number of hydrogen-bond donors (Lipinski definition) is 1. The smallest absolute Gasteiger partial charge is 0.250 e. The van der Waals surface area contributed by atoms with E-state index in [1.54, 1.807) is 41.1 Å². The molecular weight excluding hydrogens is 378 g/mol. The monoisotopic (exact) mass is 399 g/mol. The molecule has 1 fully saturated rings. The molecule has 2 aromatic rings. The maximum atomic E-state index is 12.6. The van der Waals surface area contributed by atoms with Gasteiger partial charge in [0.05, 0.1) is 22.4 Å². The zero-order valence-electron chi connectivity index (χ0n) is 15.5. The first kappa shape index (κ1) is 19.9. The Morgan fingerprint density at radius 1 is 1.14 bits per heavy atom. The van der Waals surface area contributed by atoms with E-state index in [0.29, 0.717) is 17.9 Å². The van der Waals surface area contributed by atoms with E-state index in [1.165, 1.54) is 11.0 Å². The van der Waals surface area contributed by atoms with E-state index in [1.807, 2.05) is 13.0 Å². The second-order valence-corrected chi connectivity index (χ2v) is 7.60. The zero-order chi connectivity index (χ0) is 20.1. The van der Waals surface area contributed by atoms with Crippen LogP contribution >= 0.6 is 11.8 Å². The molecule has 0 aliphatic carbocycles. The van der Waals surface area contributed by atoms with Gasteiger partial charge < -0.3 is 9.88 Å². The summed E-state index contributed by atoms with van der Waals surface area (Å²) < 4.78 is 1.54. The molecule has 1 aromatic carbocycles. The van der Waals surface area contributed by atoms with Crippen LogP contribution in [0.2, 0.25) is 0 Å². The van der Waals surface area contributed by atoms with Gasteiger partial charge in [-0.15, -0.1) is 11.8 Å². The van der Waals surface area contributed by atoms with E-state index >= 15 is 0 Å². The van der Waals surface area contributed by atoms with Gasteiger partial charge in [0.15, 0.2) is 0 Å². The average Bonchev–Trinajstić information content (AvgIpc) is 2.97. The van der Waals surface area contributed by atoms with E-state index in [2.05, 4.69) is 5.32 Å². The van der Waals surface area contributed by atoms with Gasteiger partial charge in [0.2, 0.25) is 17.7 Å². The molecule has 1 aliphatic heterocycles. The van der Waals surface area contributed by atoms with Crippen LogP contribution in [0.4, 0.5) is 11.4 Å². The second kappa shape index (κ2) is 8.88. The molecular formula is C20H21N3O4S. The summed E-state index contributed by atoms with van der Waals surface area (Å²) in [5.41, 5.74) is 0.951. The van der Waals surface area contributed by atoms with E-state index in [4.69, 9.17) is 0 Å². The highest BCUT2D eigenvalue weighted by Crippen LogP contribution is 2.29. The van der Waals surface area contributed by atoms with Crippen molar-refractivity contribution >= 4 is 40.9 Å². The average molecular weight is 399 g/mol. The van der Waals surface area contributed by atoms with Gasteiger partial charge in [0.1, 0.15) is 0 Å². The molecule has 0 spiro atoms. The van der Waals surface area contributed by atoms with Crippen LogP contribution in [0.1, 0.15) is 19.8 Å². The minimum absolute atomic E-state index is 0.0409. The number of aryl methyl sites for hydroxylation is 1. The van der Waals surface area contributed by atoms with Crippen LogP contribution in [0.15, 0.2) is 53.5 Å². The maximum absolute atomic E-state index is 12.6. The van der Waals surface area contributed by atoms with Crippen molar-refractivity contribution in [1.29, 1.82) is 0 Å². The standard InChI is InChI=1S/C20H21N3O4S/c1-2-10-22-12-14(8-9-18(22)25)21-17(24)13-28-16-11-19(26)23(20(16)27)15-6-4-3-5-7-15/h3-9,12,16H,2,10-11,13H2,1H3,(H,21,24). The summed E-state index contributed by atoms with van der Waals surface area (Å²) in [6.45, 7) is 2.54. The first-order valence-electron chi connectivity index (χ1n) is 9.03. The van der Waals surface area contributed by atoms with Gasteiger partial charge in [-0.3, -0.25) is 19.2 Å². The Bertz CT molecular complexity index is 942. The number of amides is 3. The molecule has 28 heavy (non-hydrogen) atoms. The Morgan fingerprint density at radius 2 is 1.89 bits per heavy atom. The number of imide groups is 1. The van der Waals surface area contributed by atoms with Crippen molar-refractivity contribution < 1.29 is 14.4 Å². The molecule has 146 valence electrons. The van der Waals surface area contributed by atoms with Crippen molar-refractivity contribution in [3.05, 3.63) is 59.0 Å². The van der Waals surface area contributed by atoms with Crippen LogP contribution in [-0.2, 0) is 20.9 Å². The highest BCUT2D eigenvalue weighted by atomic mass is 32.2. The number of pyridine rings is 1. The van der Waals surface area contributed by atoms with Gasteiger partial charge in [0, 0.05) is 25.2 Å². The molecule has 8 heteroatoms. The Kier molecular flexibility index (Phi) is 6.30. The largest absolute Gasteiger partial charge is 0.324 e. The highest BCUT2D eigenvalue weighted by molar-refractivity contribution is 8.01.